The van der Waals surface area contributed by atoms with E-state index in [-0.39, 0.29) is 0 Å². The molecule has 1 unspecified atom stereocenters. The molecular weight excluding hydrogens is 224 g/mol. The second-order valence-electron chi connectivity index (χ2n) is 5.09. The van der Waals surface area contributed by atoms with Gasteiger partial charge in [-0.3, -0.25) is 4.68 Å². The van der Waals surface area contributed by atoms with Crippen LogP contribution in [0.15, 0.2) is 36.5 Å². The van der Waals surface area contributed by atoms with Crippen LogP contribution in [0.3, 0.4) is 0 Å². The van der Waals surface area contributed by atoms with Crippen LogP contribution in [0.1, 0.15) is 30.2 Å². The van der Waals surface area contributed by atoms with E-state index in [0.29, 0.717) is 6.42 Å². The van der Waals surface area contributed by atoms with E-state index in [2.05, 4.69) is 5.10 Å². The molecule has 0 aliphatic rings. The molecule has 2 rings (SSSR count). The zero-order valence-electron chi connectivity index (χ0n) is 11.2. The maximum atomic E-state index is 10.5. The Morgan fingerprint density at radius 2 is 1.89 bits per heavy atom. The number of aryl methyl sites for hydroxylation is 3. The number of benzene rings is 1. The number of aromatic nitrogens is 2. The summed E-state index contributed by atoms with van der Waals surface area (Å²) in [6, 6.07) is 10.1. The first-order valence-electron chi connectivity index (χ1n) is 6.25. The van der Waals surface area contributed by atoms with Gasteiger partial charge in [0.2, 0.25) is 0 Å². The lowest BCUT2D eigenvalue weighted by Crippen LogP contribution is -2.22. The van der Waals surface area contributed by atoms with Crippen molar-refractivity contribution in [3.05, 3.63) is 53.3 Å². The summed E-state index contributed by atoms with van der Waals surface area (Å²) in [5.41, 5.74) is 2.52. The molecular formula is C15H20N2O. The fraction of sp³-hybridized carbons (Fsp3) is 0.400. The average molecular weight is 244 g/mol. The number of rotatable bonds is 4. The first-order chi connectivity index (χ1) is 8.49. The van der Waals surface area contributed by atoms with Crippen LogP contribution in [-0.4, -0.2) is 14.9 Å². The number of hydrogen-bond acceptors (Lipinski definition) is 2. The van der Waals surface area contributed by atoms with Gasteiger partial charge in [-0.15, -0.1) is 0 Å². The van der Waals surface area contributed by atoms with Crippen LogP contribution >= 0.6 is 0 Å². The van der Waals surface area contributed by atoms with Gasteiger partial charge in [0.25, 0.3) is 0 Å². The van der Waals surface area contributed by atoms with Gasteiger partial charge in [-0.05, 0) is 38.3 Å². The van der Waals surface area contributed by atoms with Gasteiger partial charge in [0.15, 0.2) is 0 Å². The van der Waals surface area contributed by atoms with Crippen molar-refractivity contribution < 1.29 is 5.11 Å². The molecule has 2 aromatic rings. The first kappa shape index (κ1) is 12.8. The molecule has 0 spiro atoms. The fourth-order valence-corrected chi connectivity index (χ4v) is 2.07. The Bertz CT molecular complexity index is 512. The van der Waals surface area contributed by atoms with Crippen molar-refractivity contribution in [1.29, 1.82) is 0 Å². The van der Waals surface area contributed by atoms with Crippen LogP contribution in [0.25, 0.3) is 0 Å². The van der Waals surface area contributed by atoms with E-state index in [0.717, 1.165) is 17.7 Å². The summed E-state index contributed by atoms with van der Waals surface area (Å²) in [4.78, 5) is 0. The minimum absolute atomic E-state index is 0.690. The summed E-state index contributed by atoms with van der Waals surface area (Å²) in [5, 5.41) is 14.7. The minimum Gasteiger partial charge on any atom is -0.385 e. The average Bonchev–Trinajstić information content (AvgIpc) is 2.73. The third kappa shape index (κ3) is 2.79. The maximum Gasteiger partial charge on any atom is 0.0872 e. The highest BCUT2D eigenvalue weighted by molar-refractivity contribution is 5.26. The van der Waals surface area contributed by atoms with E-state index in [1.54, 1.807) is 6.20 Å². The van der Waals surface area contributed by atoms with Gasteiger partial charge >= 0.3 is 0 Å². The van der Waals surface area contributed by atoms with Gasteiger partial charge in [0, 0.05) is 18.9 Å². The molecule has 18 heavy (non-hydrogen) atoms. The number of hydrogen-bond donors (Lipinski definition) is 1. The van der Waals surface area contributed by atoms with Gasteiger partial charge in [-0.1, -0.05) is 29.8 Å². The predicted molar refractivity (Wildman–Crippen MR) is 72.3 cm³/mol. The highest BCUT2D eigenvalue weighted by Gasteiger charge is 2.22. The fourth-order valence-electron chi connectivity index (χ4n) is 2.07. The number of aliphatic hydroxyl groups is 1. The van der Waals surface area contributed by atoms with Gasteiger partial charge < -0.3 is 5.11 Å². The molecule has 3 heteroatoms. The van der Waals surface area contributed by atoms with E-state index < -0.39 is 5.60 Å². The minimum atomic E-state index is -0.794. The molecule has 1 heterocycles. The molecule has 1 N–H and O–H groups in total. The van der Waals surface area contributed by atoms with Gasteiger partial charge in [0.1, 0.15) is 0 Å². The summed E-state index contributed by atoms with van der Waals surface area (Å²) in [7, 11) is 1.93. The zero-order valence-corrected chi connectivity index (χ0v) is 11.2. The normalized spacial score (nSPS) is 14.4. The van der Waals surface area contributed by atoms with E-state index in [1.165, 1.54) is 5.56 Å². The third-order valence-electron chi connectivity index (χ3n) is 3.46. The molecule has 0 amide bonds. The largest absolute Gasteiger partial charge is 0.385 e. The molecule has 1 aromatic carbocycles. The SMILES string of the molecule is Cc1ccc(C(C)(O)CCc2ccnn2C)cc1. The zero-order chi connectivity index (χ0) is 13.2. The second-order valence-corrected chi connectivity index (χ2v) is 5.09. The van der Waals surface area contributed by atoms with Crippen LogP contribution in [-0.2, 0) is 19.1 Å². The van der Waals surface area contributed by atoms with Crippen LogP contribution in [0.2, 0.25) is 0 Å². The van der Waals surface area contributed by atoms with E-state index in [9.17, 15) is 5.11 Å². The lowest BCUT2D eigenvalue weighted by Gasteiger charge is -2.24. The lowest BCUT2D eigenvalue weighted by molar-refractivity contribution is 0.0475. The molecule has 0 fully saturated rings. The molecule has 0 saturated carbocycles. The van der Waals surface area contributed by atoms with Gasteiger partial charge in [0.05, 0.1) is 5.60 Å². The van der Waals surface area contributed by atoms with Gasteiger partial charge in [-0.2, -0.15) is 5.10 Å². The van der Waals surface area contributed by atoms with E-state index in [4.69, 9.17) is 0 Å². The van der Waals surface area contributed by atoms with Crippen molar-refractivity contribution in [2.45, 2.75) is 32.3 Å². The highest BCUT2D eigenvalue weighted by Crippen LogP contribution is 2.26. The number of nitrogens with zero attached hydrogens (tertiary/aromatic N) is 2. The van der Waals surface area contributed by atoms with Crippen molar-refractivity contribution >= 4 is 0 Å². The molecule has 96 valence electrons. The Kier molecular flexibility index (Phi) is 3.53. The van der Waals surface area contributed by atoms with Crippen molar-refractivity contribution in [2.75, 3.05) is 0 Å². The molecule has 0 aliphatic heterocycles. The molecule has 1 aromatic heterocycles. The lowest BCUT2D eigenvalue weighted by atomic mass is 9.90. The Balaban J connectivity index is 2.07. The summed E-state index contributed by atoms with van der Waals surface area (Å²) in [6.45, 7) is 3.92. The summed E-state index contributed by atoms with van der Waals surface area (Å²) in [6.07, 6.45) is 3.29. The Labute approximate surface area is 108 Å². The molecule has 3 nitrogen and oxygen atoms in total. The van der Waals surface area contributed by atoms with Gasteiger partial charge in [-0.25, -0.2) is 0 Å². The van der Waals surface area contributed by atoms with E-state index >= 15 is 0 Å². The molecule has 0 bridgehead atoms. The van der Waals surface area contributed by atoms with E-state index in [1.807, 2.05) is 55.9 Å². The van der Waals surface area contributed by atoms with Crippen LogP contribution in [0, 0.1) is 6.92 Å². The highest BCUT2D eigenvalue weighted by atomic mass is 16.3. The van der Waals surface area contributed by atoms with Crippen LogP contribution in [0.5, 0.6) is 0 Å². The Morgan fingerprint density at radius 3 is 2.44 bits per heavy atom. The predicted octanol–water partition coefficient (Wildman–Crippen LogP) is 2.57. The summed E-state index contributed by atoms with van der Waals surface area (Å²) < 4.78 is 1.85. The quantitative estimate of drug-likeness (QED) is 0.897. The molecule has 0 aliphatic carbocycles. The first-order valence-corrected chi connectivity index (χ1v) is 6.25. The summed E-state index contributed by atoms with van der Waals surface area (Å²) in [5.74, 6) is 0. The topological polar surface area (TPSA) is 38.1 Å². The Hall–Kier alpha value is -1.61. The van der Waals surface area contributed by atoms with Crippen molar-refractivity contribution in [3.63, 3.8) is 0 Å². The maximum absolute atomic E-state index is 10.5. The standard InChI is InChI=1S/C15H20N2O/c1-12-4-6-13(7-5-12)15(2,18)10-8-14-9-11-16-17(14)3/h4-7,9,11,18H,8,10H2,1-3H3. The smallest absolute Gasteiger partial charge is 0.0872 e. The van der Waals surface area contributed by atoms with Crippen molar-refractivity contribution in [2.24, 2.45) is 7.05 Å². The van der Waals surface area contributed by atoms with Crippen molar-refractivity contribution in [1.82, 2.24) is 9.78 Å². The molecule has 1 atom stereocenters. The Morgan fingerprint density at radius 1 is 1.22 bits per heavy atom. The molecule has 0 saturated heterocycles. The molecule has 0 radical (unpaired) electrons. The third-order valence-corrected chi connectivity index (χ3v) is 3.46. The van der Waals surface area contributed by atoms with Crippen LogP contribution < -0.4 is 0 Å². The van der Waals surface area contributed by atoms with Crippen molar-refractivity contribution in [3.8, 4) is 0 Å². The summed E-state index contributed by atoms with van der Waals surface area (Å²) >= 11 is 0. The van der Waals surface area contributed by atoms with Crippen LogP contribution in [0.4, 0.5) is 0 Å². The second kappa shape index (κ2) is 4.94. The monoisotopic (exact) mass is 244 g/mol.